The van der Waals surface area contributed by atoms with E-state index in [0.717, 1.165) is 4.90 Å². The Hall–Kier alpha value is -2.57. The molecule has 3 amide bonds. The summed E-state index contributed by atoms with van der Waals surface area (Å²) in [6, 6.07) is 1.31. The van der Waals surface area contributed by atoms with Crippen molar-refractivity contribution in [3.8, 4) is 0 Å². The molecule has 3 heterocycles. The van der Waals surface area contributed by atoms with Gasteiger partial charge in [0.25, 0.3) is 5.91 Å². The summed E-state index contributed by atoms with van der Waals surface area (Å²) in [5.41, 5.74) is -0.686. The maximum absolute atomic E-state index is 12.9. The van der Waals surface area contributed by atoms with E-state index in [1.54, 1.807) is 33.0 Å². The monoisotopic (exact) mass is 345 g/mol. The molecule has 0 aliphatic carbocycles. The second-order valence-corrected chi connectivity index (χ2v) is 7.64. The Bertz CT molecular complexity index is 843. The maximum Gasteiger partial charge on any atom is 0.325 e. The van der Waals surface area contributed by atoms with E-state index in [4.69, 9.17) is 8.83 Å². The molecule has 1 aliphatic rings. The quantitative estimate of drug-likeness (QED) is 0.863. The lowest BCUT2D eigenvalue weighted by molar-refractivity contribution is -0.131. The number of nitrogens with zero attached hydrogens (tertiary/aromatic N) is 2. The lowest BCUT2D eigenvalue weighted by Gasteiger charge is -2.20. The lowest BCUT2D eigenvalue weighted by atomic mass is 9.92. The summed E-state index contributed by atoms with van der Waals surface area (Å²) in [6.07, 6.45) is 1.64. The number of furan rings is 1. The maximum atomic E-state index is 12.9. The van der Waals surface area contributed by atoms with E-state index in [1.807, 2.05) is 20.8 Å². The van der Waals surface area contributed by atoms with Gasteiger partial charge in [-0.1, -0.05) is 20.8 Å². The van der Waals surface area contributed by atoms with Crippen LogP contribution in [0, 0.1) is 13.8 Å². The minimum atomic E-state index is -1.15. The van der Waals surface area contributed by atoms with Crippen LogP contribution in [0.5, 0.6) is 0 Å². The van der Waals surface area contributed by atoms with Gasteiger partial charge in [-0.3, -0.25) is 9.69 Å². The highest BCUT2D eigenvalue weighted by molar-refractivity contribution is 6.07. The first-order chi connectivity index (χ1) is 11.5. The molecule has 1 fully saturated rings. The molecule has 2 aromatic heterocycles. The number of rotatable bonds is 3. The summed E-state index contributed by atoms with van der Waals surface area (Å²) in [6.45, 7) is 11.3. The van der Waals surface area contributed by atoms with Crippen LogP contribution in [0.4, 0.5) is 4.79 Å². The van der Waals surface area contributed by atoms with Crippen LogP contribution in [-0.4, -0.2) is 21.8 Å². The molecule has 1 saturated heterocycles. The molecule has 25 heavy (non-hydrogen) atoms. The van der Waals surface area contributed by atoms with E-state index in [1.165, 1.54) is 0 Å². The van der Waals surface area contributed by atoms with Crippen LogP contribution in [-0.2, 0) is 22.3 Å². The molecule has 3 rings (SSSR count). The van der Waals surface area contributed by atoms with E-state index in [2.05, 4.69) is 10.3 Å². The standard InChI is InChI=1S/C18H23N3O4/c1-10-7-12(11(2)24-10)18(6)15(22)21(16(23)20-18)9-14-19-8-13(25-14)17(3,4)5/h7-8H,9H2,1-6H3,(H,20,23). The van der Waals surface area contributed by atoms with Crippen molar-refractivity contribution in [1.82, 2.24) is 15.2 Å². The fourth-order valence-corrected chi connectivity index (χ4v) is 3.02. The number of aryl methyl sites for hydroxylation is 2. The number of amides is 3. The molecule has 134 valence electrons. The van der Waals surface area contributed by atoms with Crippen LogP contribution in [0.2, 0.25) is 0 Å². The molecule has 7 nitrogen and oxygen atoms in total. The Morgan fingerprint density at radius 2 is 1.92 bits per heavy atom. The Balaban J connectivity index is 1.87. The van der Waals surface area contributed by atoms with Crippen molar-refractivity contribution in [2.45, 2.75) is 59.0 Å². The average Bonchev–Trinajstić information content (AvgIpc) is 3.14. The first-order valence-corrected chi connectivity index (χ1v) is 8.19. The third-order valence-electron chi connectivity index (χ3n) is 4.44. The van der Waals surface area contributed by atoms with E-state index in [0.29, 0.717) is 28.7 Å². The highest BCUT2D eigenvalue weighted by Gasteiger charge is 2.50. The Labute approximate surface area is 146 Å². The van der Waals surface area contributed by atoms with Crippen molar-refractivity contribution in [2.24, 2.45) is 0 Å². The fourth-order valence-electron chi connectivity index (χ4n) is 3.02. The fraction of sp³-hybridized carbons (Fsp3) is 0.500. The van der Waals surface area contributed by atoms with Gasteiger partial charge >= 0.3 is 6.03 Å². The summed E-state index contributed by atoms with van der Waals surface area (Å²) in [7, 11) is 0. The van der Waals surface area contributed by atoms with Crippen molar-refractivity contribution in [2.75, 3.05) is 0 Å². The van der Waals surface area contributed by atoms with Gasteiger partial charge in [0.15, 0.2) is 0 Å². The molecular formula is C18H23N3O4. The van der Waals surface area contributed by atoms with Gasteiger partial charge in [-0.15, -0.1) is 0 Å². The second-order valence-electron chi connectivity index (χ2n) is 7.64. The summed E-state index contributed by atoms with van der Waals surface area (Å²) in [5, 5.41) is 2.77. The third-order valence-corrected chi connectivity index (χ3v) is 4.44. The number of nitrogens with one attached hydrogen (secondary N) is 1. The first kappa shape index (κ1) is 17.3. The molecule has 1 aliphatic heterocycles. The average molecular weight is 345 g/mol. The van der Waals surface area contributed by atoms with Crippen LogP contribution in [0.25, 0.3) is 0 Å². The molecule has 2 aromatic rings. The highest BCUT2D eigenvalue weighted by atomic mass is 16.4. The molecule has 0 saturated carbocycles. The molecule has 1 atom stereocenters. The molecule has 1 unspecified atom stereocenters. The minimum Gasteiger partial charge on any atom is -0.466 e. The molecule has 1 N–H and O–H groups in total. The normalized spacial score (nSPS) is 21.1. The number of carbonyl (C=O) groups excluding carboxylic acids is 2. The molecule has 0 spiro atoms. The molecule has 0 bridgehead atoms. The zero-order valence-electron chi connectivity index (χ0n) is 15.4. The van der Waals surface area contributed by atoms with Crippen LogP contribution >= 0.6 is 0 Å². The smallest absolute Gasteiger partial charge is 0.325 e. The number of aromatic nitrogens is 1. The molecule has 0 aromatic carbocycles. The third kappa shape index (κ3) is 2.83. The highest BCUT2D eigenvalue weighted by Crippen LogP contribution is 2.33. The Morgan fingerprint density at radius 1 is 1.24 bits per heavy atom. The van der Waals surface area contributed by atoms with E-state index >= 15 is 0 Å². The number of imide groups is 1. The van der Waals surface area contributed by atoms with Gasteiger partial charge in [0, 0.05) is 11.0 Å². The number of urea groups is 1. The SMILES string of the molecule is Cc1cc(C2(C)NC(=O)N(Cc3ncc(C(C)(C)C)o3)C2=O)c(C)o1. The molecule has 7 heteroatoms. The van der Waals surface area contributed by atoms with E-state index < -0.39 is 11.6 Å². The van der Waals surface area contributed by atoms with Crippen LogP contribution in [0.1, 0.15) is 56.4 Å². The van der Waals surface area contributed by atoms with Gasteiger partial charge in [0.2, 0.25) is 5.89 Å². The largest absolute Gasteiger partial charge is 0.466 e. The first-order valence-electron chi connectivity index (χ1n) is 8.19. The summed E-state index contributed by atoms with van der Waals surface area (Å²) in [4.78, 5) is 30.7. The zero-order chi connectivity index (χ0) is 18.6. The zero-order valence-corrected chi connectivity index (χ0v) is 15.4. The lowest BCUT2D eigenvalue weighted by Crippen LogP contribution is -2.41. The van der Waals surface area contributed by atoms with Gasteiger partial charge < -0.3 is 14.2 Å². The van der Waals surface area contributed by atoms with Gasteiger partial charge in [-0.2, -0.15) is 0 Å². The number of carbonyl (C=O) groups is 2. The summed E-state index contributed by atoms with van der Waals surface area (Å²) in [5.74, 6) is 1.99. The second kappa shape index (κ2) is 5.47. The predicted molar refractivity (Wildman–Crippen MR) is 89.8 cm³/mol. The Kier molecular flexibility index (Phi) is 3.78. The van der Waals surface area contributed by atoms with Crippen molar-refractivity contribution < 1.29 is 18.4 Å². The van der Waals surface area contributed by atoms with Gasteiger partial charge in [-0.25, -0.2) is 9.78 Å². The number of hydrogen-bond donors (Lipinski definition) is 1. The van der Waals surface area contributed by atoms with Crippen LogP contribution < -0.4 is 5.32 Å². The van der Waals surface area contributed by atoms with Crippen molar-refractivity contribution in [3.63, 3.8) is 0 Å². The van der Waals surface area contributed by atoms with Crippen molar-refractivity contribution in [1.29, 1.82) is 0 Å². The van der Waals surface area contributed by atoms with Gasteiger partial charge in [0.05, 0.1) is 6.20 Å². The molecule has 0 radical (unpaired) electrons. The van der Waals surface area contributed by atoms with E-state index in [-0.39, 0.29) is 17.9 Å². The van der Waals surface area contributed by atoms with Crippen LogP contribution in [0.3, 0.4) is 0 Å². The van der Waals surface area contributed by atoms with E-state index in [9.17, 15) is 9.59 Å². The molecular weight excluding hydrogens is 322 g/mol. The minimum absolute atomic E-state index is 0.00772. The van der Waals surface area contributed by atoms with Crippen LogP contribution in [0.15, 0.2) is 21.1 Å². The Morgan fingerprint density at radius 3 is 2.44 bits per heavy atom. The van der Waals surface area contributed by atoms with Crippen molar-refractivity contribution >= 4 is 11.9 Å². The summed E-state index contributed by atoms with van der Waals surface area (Å²) < 4.78 is 11.2. The summed E-state index contributed by atoms with van der Waals surface area (Å²) >= 11 is 0. The topological polar surface area (TPSA) is 88.6 Å². The van der Waals surface area contributed by atoms with Gasteiger partial charge in [-0.05, 0) is 26.8 Å². The number of oxazole rings is 1. The van der Waals surface area contributed by atoms with Crippen molar-refractivity contribution in [3.05, 3.63) is 41.0 Å². The van der Waals surface area contributed by atoms with Gasteiger partial charge in [0.1, 0.15) is 29.4 Å². The predicted octanol–water partition coefficient (Wildman–Crippen LogP) is 3.15. The number of hydrogen-bond acceptors (Lipinski definition) is 5.